The lowest BCUT2D eigenvalue weighted by atomic mass is 9.97. The fraction of sp³-hybridized carbons (Fsp3) is 0.0952. The van der Waals surface area contributed by atoms with Gasteiger partial charge < -0.3 is 10.6 Å². The van der Waals surface area contributed by atoms with Crippen LogP contribution in [0.15, 0.2) is 78.9 Å². The highest BCUT2D eigenvalue weighted by Gasteiger charge is 2.15. The summed E-state index contributed by atoms with van der Waals surface area (Å²) in [6, 6.07) is 24.5. The van der Waals surface area contributed by atoms with Crippen molar-refractivity contribution in [3.8, 4) is 0 Å². The number of hydrogen-bond acceptors (Lipinski definition) is 1. The van der Waals surface area contributed by atoms with E-state index in [9.17, 15) is 4.39 Å². The molecule has 0 aliphatic carbocycles. The van der Waals surface area contributed by atoms with E-state index in [0.29, 0.717) is 5.11 Å². The first kappa shape index (κ1) is 17.1. The molecule has 0 aliphatic rings. The van der Waals surface area contributed by atoms with Gasteiger partial charge in [0.05, 0.1) is 6.04 Å². The first-order valence-corrected chi connectivity index (χ1v) is 8.47. The highest BCUT2D eigenvalue weighted by molar-refractivity contribution is 7.80. The Morgan fingerprint density at radius 1 is 0.880 bits per heavy atom. The van der Waals surface area contributed by atoms with Gasteiger partial charge in [0.1, 0.15) is 5.82 Å². The second-order valence-electron chi connectivity index (χ2n) is 5.86. The van der Waals surface area contributed by atoms with Crippen molar-refractivity contribution in [3.63, 3.8) is 0 Å². The Hall–Kier alpha value is -2.72. The summed E-state index contributed by atoms with van der Waals surface area (Å²) in [5.41, 5.74) is 4.19. The van der Waals surface area contributed by atoms with E-state index in [1.807, 2.05) is 24.3 Å². The summed E-state index contributed by atoms with van der Waals surface area (Å²) in [4.78, 5) is 0. The van der Waals surface area contributed by atoms with Crippen LogP contribution in [0, 0.1) is 12.7 Å². The van der Waals surface area contributed by atoms with Gasteiger partial charge in [0.25, 0.3) is 0 Å². The fourth-order valence-corrected chi connectivity index (χ4v) is 2.92. The Balaban J connectivity index is 1.82. The molecule has 3 aromatic carbocycles. The van der Waals surface area contributed by atoms with Gasteiger partial charge in [-0.2, -0.15) is 0 Å². The molecular weight excluding hydrogens is 331 g/mol. The molecule has 0 spiro atoms. The summed E-state index contributed by atoms with van der Waals surface area (Å²) in [6.07, 6.45) is 0. The van der Waals surface area contributed by atoms with Crippen LogP contribution in [0.1, 0.15) is 22.7 Å². The molecule has 1 atom stereocenters. The van der Waals surface area contributed by atoms with Gasteiger partial charge in [-0.15, -0.1) is 0 Å². The van der Waals surface area contributed by atoms with Crippen LogP contribution < -0.4 is 10.6 Å². The highest BCUT2D eigenvalue weighted by atomic mass is 32.1. The molecule has 4 heteroatoms. The van der Waals surface area contributed by atoms with Crippen molar-refractivity contribution in [2.45, 2.75) is 13.0 Å². The molecular formula is C21H19FN2S. The van der Waals surface area contributed by atoms with Crippen LogP contribution in [0.4, 0.5) is 10.1 Å². The number of nitrogens with one attached hydrogen (secondary N) is 2. The van der Waals surface area contributed by atoms with Gasteiger partial charge in [0.2, 0.25) is 0 Å². The van der Waals surface area contributed by atoms with E-state index in [1.54, 1.807) is 12.1 Å². The molecule has 0 aromatic heterocycles. The Bertz CT molecular complexity index is 847. The first-order chi connectivity index (χ1) is 12.1. The zero-order valence-electron chi connectivity index (χ0n) is 13.9. The number of aryl methyl sites for hydroxylation is 1. The first-order valence-electron chi connectivity index (χ1n) is 8.06. The van der Waals surface area contributed by atoms with E-state index in [-0.39, 0.29) is 11.9 Å². The molecule has 0 saturated carbocycles. The zero-order chi connectivity index (χ0) is 17.6. The van der Waals surface area contributed by atoms with Gasteiger partial charge in [0, 0.05) is 5.69 Å². The quantitative estimate of drug-likeness (QED) is 0.632. The topological polar surface area (TPSA) is 24.1 Å². The van der Waals surface area contributed by atoms with Crippen molar-refractivity contribution >= 4 is 23.0 Å². The SMILES string of the molecule is Cc1cccc([C@@H](NC(=S)Nc2ccc(F)cc2)c2ccccc2)c1. The summed E-state index contributed by atoms with van der Waals surface area (Å²) in [6.45, 7) is 2.07. The Morgan fingerprint density at radius 2 is 1.56 bits per heavy atom. The van der Waals surface area contributed by atoms with E-state index < -0.39 is 0 Å². The molecule has 0 saturated heterocycles. The maximum Gasteiger partial charge on any atom is 0.171 e. The number of rotatable bonds is 4. The number of benzene rings is 3. The van der Waals surface area contributed by atoms with E-state index in [1.165, 1.54) is 17.7 Å². The molecule has 0 heterocycles. The minimum atomic E-state index is -0.272. The lowest BCUT2D eigenvalue weighted by Crippen LogP contribution is -2.33. The highest BCUT2D eigenvalue weighted by Crippen LogP contribution is 2.23. The molecule has 0 bridgehead atoms. The van der Waals surface area contributed by atoms with Crippen LogP contribution in [0.3, 0.4) is 0 Å². The third-order valence-electron chi connectivity index (χ3n) is 3.89. The maximum atomic E-state index is 13.0. The lowest BCUT2D eigenvalue weighted by Gasteiger charge is -2.22. The Kier molecular flexibility index (Phi) is 5.41. The van der Waals surface area contributed by atoms with E-state index in [2.05, 4.69) is 47.9 Å². The van der Waals surface area contributed by atoms with Crippen molar-refractivity contribution in [1.29, 1.82) is 0 Å². The Morgan fingerprint density at radius 3 is 2.24 bits per heavy atom. The third-order valence-corrected chi connectivity index (χ3v) is 4.11. The minimum absolute atomic E-state index is 0.0680. The fourth-order valence-electron chi connectivity index (χ4n) is 2.69. The molecule has 126 valence electrons. The molecule has 2 nitrogen and oxygen atoms in total. The van der Waals surface area contributed by atoms with E-state index in [0.717, 1.165) is 16.8 Å². The van der Waals surface area contributed by atoms with Crippen LogP contribution in [0.2, 0.25) is 0 Å². The third kappa shape index (κ3) is 4.64. The monoisotopic (exact) mass is 350 g/mol. The van der Waals surface area contributed by atoms with Crippen LogP contribution in [-0.4, -0.2) is 5.11 Å². The van der Waals surface area contributed by atoms with E-state index >= 15 is 0 Å². The van der Waals surface area contributed by atoms with Crippen molar-refractivity contribution < 1.29 is 4.39 Å². The Labute approximate surface area is 152 Å². The second-order valence-corrected chi connectivity index (χ2v) is 6.27. The molecule has 3 rings (SSSR count). The summed E-state index contributed by atoms with van der Waals surface area (Å²) in [7, 11) is 0. The summed E-state index contributed by atoms with van der Waals surface area (Å²) < 4.78 is 13.0. The number of halogens is 1. The molecule has 0 fully saturated rings. The van der Waals surface area contributed by atoms with Gasteiger partial charge in [-0.3, -0.25) is 0 Å². The molecule has 0 radical (unpaired) electrons. The molecule has 0 aliphatic heterocycles. The molecule has 2 N–H and O–H groups in total. The van der Waals surface area contributed by atoms with Gasteiger partial charge >= 0.3 is 0 Å². The number of hydrogen-bond donors (Lipinski definition) is 2. The van der Waals surface area contributed by atoms with Crippen LogP contribution >= 0.6 is 12.2 Å². The van der Waals surface area contributed by atoms with Gasteiger partial charge in [0.15, 0.2) is 5.11 Å². The average Bonchev–Trinajstić information content (AvgIpc) is 2.62. The minimum Gasteiger partial charge on any atom is -0.352 e. The molecule has 0 unspecified atom stereocenters. The second kappa shape index (κ2) is 7.90. The standard InChI is InChI=1S/C21H19FN2S/c1-15-6-5-9-17(14-15)20(16-7-3-2-4-8-16)24-21(25)23-19-12-10-18(22)11-13-19/h2-14,20H,1H3,(H2,23,24,25)/t20-/m0/s1. The maximum absolute atomic E-state index is 13.0. The van der Waals surface area contributed by atoms with Gasteiger partial charge in [-0.25, -0.2) is 4.39 Å². The lowest BCUT2D eigenvalue weighted by molar-refractivity contribution is 0.628. The van der Waals surface area contributed by atoms with Crippen molar-refractivity contribution in [2.24, 2.45) is 0 Å². The smallest absolute Gasteiger partial charge is 0.171 e. The normalized spacial score (nSPS) is 11.6. The summed E-state index contributed by atoms with van der Waals surface area (Å²) in [5, 5.41) is 6.96. The predicted molar refractivity (Wildman–Crippen MR) is 105 cm³/mol. The van der Waals surface area contributed by atoms with E-state index in [4.69, 9.17) is 12.2 Å². The summed E-state index contributed by atoms with van der Waals surface area (Å²) >= 11 is 5.46. The van der Waals surface area contributed by atoms with Crippen LogP contribution in [-0.2, 0) is 0 Å². The van der Waals surface area contributed by atoms with Crippen LogP contribution in [0.25, 0.3) is 0 Å². The predicted octanol–water partition coefficient (Wildman–Crippen LogP) is 5.21. The van der Waals surface area contributed by atoms with Gasteiger partial charge in [-0.05, 0) is 54.5 Å². The number of thiocarbonyl (C=S) groups is 1. The van der Waals surface area contributed by atoms with Crippen LogP contribution in [0.5, 0.6) is 0 Å². The van der Waals surface area contributed by atoms with Crippen molar-refractivity contribution in [3.05, 3.63) is 101 Å². The van der Waals surface area contributed by atoms with Gasteiger partial charge in [-0.1, -0.05) is 60.2 Å². The molecule has 0 amide bonds. The van der Waals surface area contributed by atoms with Crippen molar-refractivity contribution in [2.75, 3.05) is 5.32 Å². The summed E-state index contributed by atoms with van der Waals surface area (Å²) in [5.74, 6) is -0.272. The number of anilines is 1. The average molecular weight is 350 g/mol. The molecule has 25 heavy (non-hydrogen) atoms. The largest absolute Gasteiger partial charge is 0.352 e. The molecule has 3 aromatic rings. The van der Waals surface area contributed by atoms with Crippen molar-refractivity contribution in [1.82, 2.24) is 5.32 Å². The zero-order valence-corrected chi connectivity index (χ0v) is 14.7.